The van der Waals surface area contributed by atoms with E-state index >= 15 is 0 Å². The normalized spacial score (nSPS) is 10.5. The van der Waals surface area contributed by atoms with E-state index in [-0.39, 0.29) is 30.4 Å². The van der Waals surface area contributed by atoms with Crippen LogP contribution in [0.1, 0.15) is 53.0 Å². The fourth-order valence-corrected chi connectivity index (χ4v) is 2.64. The summed E-state index contributed by atoms with van der Waals surface area (Å²) in [6.45, 7) is 6.18. The van der Waals surface area contributed by atoms with Crippen LogP contribution in [-0.4, -0.2) is 31.4 Å². The van der Waals surface area contributed by atoms with Crippen molar-refractivity contribution < 1.29 is 23.9 Å². The highest BCUT2D eigenvalue weighted by atomic mass is 16.5. The molecule has 0 aliphatic heterocycles. The maximum absolute atomic E-state index is 12.5. The van der Waals surface area contributed by atoms with Crippen LogP contribution >= 0.6 is 0 Å². The van der Waals surface area contributed by atoms with Crippen LogP contribution in [0.3, 0.4) is 0 Å². The van der Waals surface area contributed by atoms with Crippen molar-refractivity contribution in [2.45, 2.75) is 33.6 Å². The second kappa shape index (κ2) is 10.4. The number of Topliss-reactive ketones (excluding diaryl/α,β-unsaturated/α-hetero) is 1. The molecule has 0 aliphatic carbocycles. The Bertz CT molecular complexity index is 871. The van der Waals surface area contributed by atoms with Crippen LogP contribution < -0.4 is 10.1 Å². The molecule has 0 saturated carbocycles. The maximum atomic E-state index is 12.5. The van der Waals surface area contributed by atoms with Gasteiger partial charge in [0.1, 0.15) is 5.75 Å². The predicted molar refractivity (Wildman–Crippen MR) is 111 cm³/mol. The average Bonchev–Trinajstić information content (AvgIpc) is 2.70. The zero-order valence-electron chi connectivity index (χ0n) is 17.3. The van der Waals surface area contributed by atoms with E-state index in [9.17, 15) is 14.4 Å². The van der Waals surface area contributed by atoms with Crippen LogP contribution in [0.2, 0.25) is 0 Å². The Balaban J connectivity index is 1.88. The third-order valence-electron chi connectivity index (χ3n) is 4.19. The van der Waals surface area contributed by atoms with Crippen molar-refractivity contribution in [2.75, 3.05) is 19.0 Å². The minimum absolute atomic E-state index is 0.0497. The number of aryl methyl sites for hydroxylation is 1. The van der Waals surface area contributed by atoms with E-state index in [1.807, 2.05) is 26.8 Å². The lowest BCUT2D eigenvalue weighted by Crippen LogP contribution is -2.14. The Morgan fingerprint density at radius 2 is 1.69 bits per heavy atom. The Morgan fingerprint density at radius 3 is 2.31 bits per heavy atom. The molecule has 2 aromatic rings. The van der Waals surface area contributed by atoms with Crippen molar-refractivity contribution >= 4 is 23.3 Å². The van der Waals surface area contributed by atoms with Crippen molar-refractivity contribution in [3.05, 3.63) is 59.2 Å². The second-order valence-electron chi connectivity index (χ2n) is 7.24. The van der Waals surface area contributed by atoms with Gasteiger partial charge >= 0.3 is 5.97 Å². The molecule has 29 heavy (non-hydrogen) atoms. The molecular weight excluding hydrogens is 370 g/mol. The average molecular weight is 397 g/mol. The number of ether oxygens (including phenoxy) is 2. The zero-order valence-corrected chi connectivity index (χ0v) is 17.3. The number of anilines is 1. The quantitative estimate of drug-likeness (QED) is 0.500. The molecule has 1 N–H and O–H groups in total. The highest BCUT2D eigenvalue weighted by Crippen LogP contribution is 2.22. The van der Waals surface area contributed by atoms with Gasteiger partial charge in [0.2, 0.25) is 5.91 Å². The number of carbonyl (C=O) groups is 3. The number of esters is 1. The van der Waals surface area contributed by atoms with Gasteiger partial charge in [-0.3, -0.25) is 9.59 Å². The van der Waals surface area contributed by atoms with Crippen LogP contribution in [0.15, 0.2) is 42.5 Å². The minimum atomic E-state index is -0.394. The first kappa shape index (κ1) is 22.1. The summed E-state index contributed by atoms with van der Waals surface area (Å²) >= 11 is 0. The summed E-state index contributed by atoms with van der Waals surface area (Å²) in [5.41, 5.74) is 2.40. The molecule has 0 spiro atoms. The van der Waals surface area contributed by atoms with Crippen LogP contribution in [0, 0.1) is 12.8 Å². The van der Waals surface area contributed by atoms with Crippen molar-refractivity contribution in [3.8, 4) is 5.75 Å². The van der Waals surface area contributed by atoms with E-state index in [0.717, 1.165) is 5.56 Å². The van der Waals surface area contributed by atoms with Crippen LogP contribution in [0.5, 0.6) is 5.75 Å². The van der Waals surface area contributed by atoms with E-state index < -0.39 is 5.97 Å². The first-order chi connectivity index (χ1) is 13.8. The molecule has 0 saturated heterocycles. The molecule has 0 fully saturated rings. The number of rotatable bonds is 9. The molecule has 0 unspecified atom stereocenters. The van der Waals surface area contributed by atoms with Gasteiger partial charge in [0.15, 0.2) is 5.78 Å². The topological polar surface area (TPSA) is 81.7 Å². The number of ketones is 1. The summed E-state index contributed by atoms with van der Waals surface area (Å²) in [6.07, 6.45) is 0.124. The van der Waals surface area contributed by atoms with Gasteiger partial charge in [0.25, 0.3) is 0 Å². The molecule has 0 bridgehead atoms. The van der Waals surface area contributed by atoms with Crippen LogP contribution in [0.4, 0.5) is 5.69 Å². The fourth-order valence-electron chi connectivity index (χ4n) is 2.64. The predicted octanol–water partition coefficient (Wildman–Crippen LogP) is 4.42. The van der Waals surface area contributed by atoms with Crippen molar-refractivity contribution in [1.82, 2.24) is 0 Å². The van der Waals surface area contributed by atoms with Crippen molar-refractivity contribution in [3.63, 3.8) is 0 Å². The smallest absolute Gasteiger partial charge is 0.338 e. The molecule has 0 atom stereocenters. The summed E-state index contributed by atoms with van der Waals surface area (Å²) in [5, 5.41) is 2.73. The van der Waals surface area contributed by atoms with E-state index in [2.05, 4.69) is 5.32 Å². The molecule has 1 amide bonds. The summed E-state index contributed by atoms with van der Waals surface area (Å²) in [5.74, 6) is -0.0562. The van der Waals surface area contributed by atoms with E-state index in [1.54, 1.807) is 36.4 Å². The van der Waals surface area contributed by atoms with E-state index in [4.69, 9.17) is 9.47 Å². The summed E-state index contributed by atoms with van der Waals surface area (Å²) in [4.78, 5) is 36.5. The first-order valence-electron chi connectivity index (χ1n) is 9.55. The number of benzene rings is 2. The third-order valence-corrected chi connectivity index (χ3v) is 4.19. The molecule has 154 valence electrons. The number of hydrogen-bond acceptors (Lipinski definition) is 5. The number of amides is 1. The highest BCUT2D eigenvalue weighted by Gasteiger charge is 2.15. The lowest BCUT2D eigenvalue weighted by Gasteiger charge is -2.10. The zero-order chi connectivity index (χ0) is 21.4. The second-order valence-corrected chi connectivity index (χ2v) is 7.24. The van der Waals surface area contributed by atoms with Crippen molar-refractivity contribution in [1.29, 1.82) is 0 Å². The molecule has 6 heteroatoms. The summed E-state index contributed by atoms with van der Waals surface area (Å²) < 4.78 is 10.4. The van der Waals surface area contributed by atoms with Gasteiger partial charge in [-0.05, 0) is 49.2 Å². The first-order valence-corrected chi connectivity index (χ1v) is 9.55. The molecule has 6 nitrogen and oxygen atoms in total. The Labute approximate surface area is 171 Å². The minimum Gasteiger partial charge on any atom is -0.496 e. The van der Waals surface area contributed by atoms with E-state index in [1.165, 1.54) is 7.11 Å². The molecular formula is C23H27NO5. The maximum Gasteiger partial charge on any atom is 0.338 e. The molecule has 0 radical (unpaired) electrons. The van der Waals surface area contributed by atoms with Gasteiger partial charge in [0.05, 0.1) is 24.8 Å². The molecule has 0 aliphatic rings. The van der Waals surface area contributed by atoms with Crippen molar-refractivity contribution in [2.24, 2.45) is 5.92 Å². The molecule has 2 rings (SSSR count). The summed E-state index contributed by atoms with van der Waals surface area (Å²) in [7, 11) is 1.51. The Hall–Kier alpha value is -3.15. The Morgan fingerprint density at radius 1 is 1.00 bits per heavy atom. The SMILES string of the molecule is COc1ccc(C)cc1C(=O)CCC(=O)Nc1ccc(C(=O)OCC(C)C)cc1. The summed E-state index contributed by atoms with van der Waals surface area (Å²) in [6, 6.07) is 11.8. The fraction of sp³-hybridized carbons (Fsp3) is 0.348. The lowest BCUT2D eigenvalue weighted by atomic mass is 10.0. The van der Waals surface area contributed by atoms with Gasteiger partial charge in [-0.25, -0.2) is 4.79 Å². The van der Waals surface area contributed by atoms with Gasteiger partial charge in [0, 0.05) is 18.5 Å². The monoisotopic (exact) mass is 397 g/mol. The van der Waals surface area contributed by atoms with Gasteiger partial charge in [-0.1, -0.05) is 25.5 Å². The number of methoxy groups -OCH3 is 1. The standard InChI is InChI=1S/C23H27NO5/c1-15(2)14-29-23(27)17-6-8-18(9-7-17)24-22(26)12-10-20(25)19-13-16(3)5-11-21(19)28-4/h5-9,11,13,15H,10,12,14H2,1-4H3,(H,24,26). The van der Waals surface area contributed by atoms with Crippen LogP contribution in [-0.2, 0) is 9.53 Å². The molecule has 0 heterocycles. The number of hydrogen-bond donors (Lipinski definition) is 1. The number of nitrogens with one attached hydrogen (secondary N) is 1. The number of carbonyl (C=O) groups excluding carboxylic acids is 3. The van der Waals surface area contributed by atoms with E-state index in [0.29, 0.717) is 29.2 Å². The van der Waals surface area contributed by atoms with Gasteiger partial charge < -0.3 is 14.8 Å². The molecule has 0 aromatic heterocycles. The third kappa shape index (κ3) is 6.75. The van der Waals surface area contributed by atoms with Gasteiger partial charge in [-0.2, -0.15) is 0 Å². The van der Waals surface area contributed by atoms with Gasteiger partial charge in [-0.15, -0.1) is 0 Å². The van der Waals surface area contributed by atoms with Crippen LogP contribution in [0.25, 0.3) is 0 Å². The lowest BCUT2D eigenvalue weighted by molar-refractivity contribution is -0.116. The molecule has 2 aromatic carbocycles. The largest absolute Gasteiger partial charge is 0.496 e. The highest BCUT2D eigenvalue weighted by molar-refractivity contribution is 6.02. The Kier molecular flexibility index (Phi) is 7.95.